The third kappa shape index (κ3) is 5.09. The molecule has 37 heavy (non-hydrogen) atoms. The largest absolute Gasteiger partial charge is 0.379 e. The van der Waals surface area contributed by atoms with E-state index in [4.69, 9.17) is 14.8 Å². The number of pyridine rings is 1. The molecular weight excluding hydrogens is 490 g/mol. The van der Waals surface area contributed by atoms with Crippen LogP contribution in [0.1, 0.15) is 68.1 Å². The van der Waals surface area contributed by atoms with Crippen molar-refractivity contribution in [2.24, 2.45) is 5.92 Å². The minimum atomic E-state index is -3.74. The van der Waals surface area contributed by atoms with Crippen molar-refractivity contribution in [3.63, 3.8) is 0 Å². The smallest absolute Gasteiger partial charge is 0.283 e. The van der Waals surface area contributed by atoms with Gasteiger partial charge in [-0.1, -0.05) is 24.6 Å². The zero-order chi connectivity index (χ0) is 26.4. The number of hydrogen-bond donors (Lipinski definition) is 1. The summed E-state index contributed by atoms with van der Waals surface area (Å²) >= 11 is 0. The third-order valence-corrected chi connectivity index (χ3v) is 8.55. The number of nitrogens with one attached hydrogen (secondary N) is 1. The summed E-state index contributed by atoms with van der Waals surface area (Å²) in [5.41, 5.74) is 3.16. The number of nitrogens with zero attached hydrogens (tertiary/aromatic N) is 4. The highest BCUT2D eigenvalue weighted by molar-refractivity contribution is 7.89. The molecule has 1 amide bonds. The van der Waals surface area contributed by atoms with Crippen molar-refractivity contribution in [3.05, 3.63) is 47.8 Å². The molecule has 0 spiro atoms. The molecule has 2 fully saturated rings. The number of fused-ring (bicyclic) bond motifs is 1. The van der Waals surface area contributed by atoms with Crippen molar-refractivity contribution in [2.75, 3.05) is 31.4 Å². The van der Waals surface area contributed by atoms with Crippen molar-refractivity contribution in [1.29, 1.82) is 0 Å². The van der Waals surface area contributed by atoms with Crippen LogP contribution in [0.15, 0.2) is 36.4 Å². The van der Waals surface area contributed by atoms with Crippen LogP contribution in [0.4, 0.5) is 5.69 Å². The minimum absolute atomic E-state index is 0.0597. The van der Waals surface area contributed by atoms with Crippen LogP contribution >= 0.6 is 0 Å². The summed E-state index contributed by atoms with van der Waals surface area (Å²) in [5, 5.41) is 5.99. The second kappa shape index (κ2) is 9.72. The summed E-state index contributed by atoms with van der Waals surface area (Å²) in [7, 11) is -1.99. The molecule has 2 aromatic heterocycles. The fourth-order valence-corrected chi connectivity index (χ4v) is 5.85. The fraction of sp³-hybridized carbons (Fsp3) is 0.519. The van der Waals surface area contributed by atoms with Crippen molar-refractivity contribution >= 4 is 32.7 Å². The lowest BCUT2D eigenvalue weighted by atomic mass is 9.81. The molecule has 3 aromatic rings. The topological polar surface area (TPSA) is 106 Å². The number of carbonyl (C=O) groups is 1. The van der Waals surface area contributed by atoms with Gasteiger partial charge in [0.25, 0.3) is 5.91 Å². The van der Waals surface area contributed by atoms with Gasteiger partial charge in [0.05, 0.1) is 34.3 Å². The number of sulfonamides is 1. The maximum atomic E-state index is 13.0. The van der Waals surface area contributed by atoms with Crippen LogP contribution < -0.4 is 9.62 Å². The Balaban J connectivity index is 1.66. The number of carbonyl (C=O) groups excluding carboxylic acids is 1. The quantitative estimate of drug-likeness (QED) is 0.497. The normalized spacial score (nSPS) is 17.7. The predicted molar refractivity (Wildman–Crippen MR) is 144 cm³/mol. The van der Waals surface area contributed by atoms with Crippen LogP contribution in [0.3, 0.4) is 0 Å². The maximum Gasteiger partial charge on any atom is 0.283 e. The number of benzene rings is 1. The van der Waals surface area contributed by atoms with E-state index >= 15 is 0 Å². The molecular formula is C27H35N5O4S. The molecule has 5 rings (SSSR count). The van der Waals surface area contributed by atoms with E-state index in [1.165, 1.54) is 6.42 Å². The van der Waals surface area contributed by atoms with Gasteiger partial charge in [-0.25, -0.2) is 22.8 Å². The average Bonchev–Trinajstić information content (AvgIpc) is 3.21. The second-order valence-electron chi connectivity index (χ2n) is 10.8. The van der Waals surface area contributed by atoms with Crippen molar-refractivity contribution in [1.82, 2.24) is 19.5 Å². The van der Waals surface area contributed by atoms with Crippen LogP contribution in [0.2, 0.25) is 0 Å². The van der Waals surface area contributed by atoms with Crippen LogP contribution in [0, 0.1) is 5.92 Å². The highest BCUT2D eigenvalue weighted by Gasteiger charge is 2.35. The first-order chi connectivity index (χ1) is 17.6. The monoisotopic (exact) mass is 525 g/mol. The fourth-order valence-electron chi connectivity index (χ4n) is 5.41. The van der Waals surface area contributed by atoms with Gasteiger partial charge in [-0.2, -0.15) is 5.10 Å². The van der Waals surface area contributed by atoms with E-state index in [-0.39, 0.29) is 11.3 Å². The molecule has 1 N–H and O–H groups in total. The lowest BCUT2D eigenvalue weighted by molar-refractivity contribution is -0.0357. The van der Waals surface area contributed by atoms with Gasteiger partial charge in [0.15, 0.2) is 5.65 Å². The molecule has 198 valence electrons. The highest BCUT2D eigenvalue weighted by Crippen LogP contribution is 2.43. The first-order valence-electron chi connectivity index (χ1n) is 12.9. The zero-order valence-electron chi connectivity index (χ0n) is 21.9. The van der Waals surface area contributed by atoms with Crippen molar-refractivity contribution in [3.8, 4) is 5.69 Å². The zero-order valence-corrected chi connectivity index (χ0v) is 22.7. The standard InChI is InChI=1S/C27H35N5O4S/c1-27(2,36-3)19-13-15-31(16-14-19)22-17-21(26(33)30-37(4,34)35)28-25-23(22)24(18-9-8-10-18)29-32(25)20-11-6-5-7-12-20/h5-7,11-12,17-19H,8-10,13-16H2,1-4H3,(H,30,33). The van der Waals surface area contributed by atoms with Gasteiger partial charge in [0, 0.05) is 26.1 Å². The molecule has 0 radical (unpaired) electrons. The molecule has 1 aliphatic carbocycles. The van der Waals surface area contributed by atoms with Crippen LogP contribution in [0.5, 0.6) is 0 Å². The Kier molecular flexibility index (Phi) is 6.74. The van der Waals surface area contributed by atoms with Gasteiger partial charge >= 0.3 is 0 Å². The number of para-hydroxylation sites is 1. The molecule has 3 heterocycles. The summed E-state index contributed by atoms with van der Waals surface area (Å²) < 4.78 is 33.3. The summed E-state index contributed by atoms with van der Waals surface area (Å²) in [5.74, 6) is 0.0120. The van der Waals surface area contributed by atoms with Crippen LogP contribution in [-0.4, -0.2) is 61.1 Å². The molecule has 1 aromatic carbocycles. The SMILES string of the molecule is COC(C)(C)C1CCN(c2cc(C(=O)NS(C)(=O)=O)nc3c2c(C2CCC2)nn3-c2ccccc2)CC1. The maximum absolute atomic E-state index is 13.0. The van der Waals surface area contributed by atoms with E-state index in [0.29, 0.717) is 17.5 Å². The van der Waals surface area contributed by atoms with E-state index in [9.17, 15) is 13.2 Å². The number of piperidine rings is 1. The Morgan fingerprint density at radius 3 is 2.35 bits per heavy atom. The van der Waals surface area contributed by atoms with E-state index in [0.717, 1.165) is 67.5 Å². The van der Waals surface area contributed by atoms with E-state index in [2.05, 4.69) is 23.5 Å². The first kappa shape index (κ1) is 25.7. The number of anilines is 1. The lowest BCUT2D eigenvalue weighted by Gasteiger charge is -2.41. The highest BCUT2D eigenvalue weighted by atomic mass is 32.2. The average molecular weight is 526 g/mol. The van der Waals surface area contributed by atoms with Crippen molar-refractivity contribution < 1.29 is 17.9 Å². The number of rotatable bonds is 7. The summed E-state index contributed by atoms with van der Waals surface area (Å²) in [6.07, 6.45) is 6.17. The Labute approximate surface area is 218 Å². The van der Waals surface area contributed by atoms with Crippen LogP contribution in [0.25, 0.3) is 16.7 Å². The van der Waals surface area contributed by atoms with Gasteiger partial charge in [-0.3, -0.25) is 4.79 Å². The first-order valence-corrected chi connectivity index (χ1v) is 14.8. The van der Waals surface area contributed by atoms with Crippen LogP contribution in [-0.2, 0) is 14.8 Å². The molecule has 1 saturated carbocycles. The van der Waals surface area contributed by atoms with Gasteiger partial charge in [-0.05, 0) is 63.6 Å². The van der Waals surface area contributed by atoms with E-state index in [1.807, 2.05) is 30.3 Å². The summed E-state index contributed by atoms with van der Waals surface area (Å²) in [4.78, 5) is 20.0. The molecule has 9 nitrogen and oxygen atoms in total. The van der Waals surface area contributed by atoms with Gasteiger partial charge in [0.1, 0.15) is 5.69 Å². The Morgan fingerprint density at radius 1 is 1.11 bits per heavy atom. The summed E-state index contributed by atoms with van der Waals surface area (Å²) in [6.45, 7) is 5.85. The van der Waals surface area contributed by atoms with Crippen molar-refractivity contribution in [2.45, 2.75) is 57.5 Å². The van der Waals surface area contributed by atoms with E-state index in [1.54, 1.807) is 17.9 Å². The van der Waals surface area contributed by atoms with Gasteiger partial charge in [0.2, 0.25) is 10.0 Å². The number of hydrogen-bond acceptors (Lipinski definition) is 7. The third-order valence-electron chi connectivity index (χ3n) is 7.99. The Hall–Kier alpha value is -2.98. The molecule has 10 heteroatoms. The molecule has 1 aliphatic heterocycles. The molecule has 0 atom stereocenters. The van der Waals surface area contributed by atoms with E-state index < -0.39 is 15.9 Å². The molecule has 2 aliphatic rings. The molecule has 1 saturated heterocycles. The Bertz CT molecular complexity index is 1410. The molecule has 0 bridgehead atoms. The number of amides is 1. The van der Waals surface area contributed by atoms with Gasteiger partial charge < -0.3 is 9.64 Å². The number of methoxy groups -OCH3 is 1. The summed E-state index contributed by atoms with van der Waals surface area (Å²) in [6, 6.07) is 11.5. The second-order valence-corrected chi connectivity index (χ2v) is 12.5. The minimum Gasteiger partial charge on any atom is -0.379 e. The lowest BCUT2D eigenvalue weighted by Crippen LogP contribution is -2.43. The Morgan fingerprint density at radius 2 is 1.78 bits per heavy atom. The number of aromatic nitrogens is 3. The predicted octanol–water partition coefficient (Wildman–Crippen LogP) is 4.02. The molecule has 0 unspecified atom stereocenters. The number of ether oxygens (including phenoxy) is 1. The van der Waals surface area contributed by atoms with Gasteiger partial charge in [-0.15, -0.1) is 0 Å².